The quantitative estimate of drug-likeness (QED) is 0.484. The minimum atomic E-state index is 0.532. The minimum absolute atomic E-state index is 0.532. The molecule has 0 bridgehead atoms. The molecule has 1 fully saturated rings. The molecule has 26 heavy (non-hydrogen) atoms. The third-order valence-corrected chi connectivity index (χ3v) is 5.64. The molecule has 6 heteroatoms. The number of rotatable bonds is 10. The van der Waals surface area contributed by atoms with Gasteiger partial charge >= 0.3 is 0 Å². The van der Waals surface area contributed by atoms with Gasteiger partial charge in [0.2, 0.25) is 0 Å². The third-order valence-electron chi connectivity index (χ3n) is 4.90. The first kappa shape index (κ1) is 21.2. The molecule has 1 aliphatic rings. The highest BCUT2D eigenvalue weighted by molar-refractivity contribution is 7.07. The van der Waals surface area contributed by atoms with E-state index in [9.17, 15) is 0 Å². The number of nitrogens with one attached hydrogen (secondary N) is 2. The summed E-state index contributed by atoms with van der Waals surface area (Å²) in [5.41, 5.74) is 1.45. The molecule has 0 aliphatic carbocycles. The number of guanidine groups is 1. The molecule has 0 spiro atoms. The normalized spacial score (nSPS) is 17.0. The van der Waals surface area contributed by atoms with E-state index in [0.29, 0.717) is 6.04 Å². The van der Waals surface area contributed by atoms with Gasteiger partial charge in [0.1, 0.15) is 0 Å². The van der Waals surface area contributed by atoms with E-state index in [1.165, 1.54) is 37.8 Å². The van der Waals surface area contributed by atoms with Crippen LogP contribution < -0.4 is 10.6 Å². The predicted molar refractivity (Wildman–Crippen MR) is 114 cm³/mol. The van der Waals surface area contributed by atoms with E-state index in [4.69, 9.17) is 4.99 Å². The number of hydrogen-bond acceptors (Lipinski definition) is 4. The van der Waals surface area contributed by atoms with Crippen molar-refractivity contribution in [2.75, 3.05) is 46.3 Å². The van der Waals surface area contributed by atoms with Crippen LogP contribution in [0.15, 0.2) is 21.8 Å². The fourth-order valence-electron chi connectivity index (χ4n) is 3.26. The minimum Gasteiger partial charge on any atom is -0.357 e. The number of thiophene rings is 1. The Bertz CT molecular complexity index is 494. The summed E-state index contributed by atoms with van der Waals surface area (Å²) in [7, 11) is 2.19. The standard InChI is InChI=1S/C20H37N5S/c1-4-6-11-24(3)14-10-22-20(21-5-2)23-19-7-12-25(13-8-19)16-18-9-15-26-17-18/h9,15,17,19H,4-8,10-14,16H2,1-3H3,(H2,21,22,23). The van der Waals surface area contributed by atoms with E-state index >= 15 is 0 Å². The molecule has 0 aromatic carbocycles. The van der Waals surface area contributed by atoms with Gasteiger partial charge in [0.25, 0.3) is 0 Å². The Morgan fingerprint density at radius 2 is 2.12 bits per heavy atom. The summed E-state index contributed by atoms with van der Waals surface area (Å²) in [6.45, 7) is 11.7. The Morgan fingerprint density at radius 1 is 1.31 bits per heavy atom. The van der Waals surface area contributed by atoms with Crippen molar-refractivity contribution in [1.82, 2.24) is 20.4 Å². The van der Waals surface area contributed by atoms with Gasteiger partial charge in [-0.15, -0.1) is 0 Å². The number of likely N-dealkylation sites (tertiary alicyclic amines) is 1. The first-order valence-corrected chi connectivity index (χ1v) is 11.1. The van der Waals surface area contributed by atoms with Crippen molar-refractivity contribution in [2.24, 2.45) is 4.99 Å². The molecule has 0 unspecified atom stereocenters. The number of hydrogen-bond donors (Lipinski definition) is 2. The Hall–Kier alpha value is -1.11. The molecule has 2 N–H and O–H groups in total. The maximum absolute atomic E-state index is 4.78. The first-order valence-electron chi connectivity index (χ1n) is 10.2. The van der Waals surface area contributed by atoms with Gasteiger partial charge in [-0.3, -0.25) is 9.89 Å². The fraction of sp³-hybridized carbons (Fsp3) is 0.750. The molecule has 1 saturated heterocycles. The Balaban J connectivity index is 1.70. The van der Waals surface area contributed by atoms with Gasteiger partial charge in [-0.05, 0) is 62.2 Å². The highest BCUT2D eigenvalue weighted by Crippen LogP contribution is 2.15. The molecule has 0 atom stereocenters. The molecule has 1 aromatic rings. The van der Waals surface area contributed by atoms with Crippen LogP contribution in [-0.2, 0) is 6.54 Å². The van der Waals surface area contributed by atoms with E-state index in [2.05, 4.69) is 58.2 Å². The second kappa shape index (κ2) is 12.3. The zero-order valence-electron chi connectivity index (χ0n) is 16.8. The molecule has 2 rings (SSSR count). The Labute approximate surface area is 163 Å². The van der Waals surface area contributed by atoms with Crippen molar-refractivity contribution < 1.29 is 0 Å². The van der Waals surface area contributed by atoms with Gasteiger partial charge in [-0.25, -0.2) is 0 Å². The second-order valence-corrected chi connectivity index (χ2v) is 8.02. The molecular weight excluding hydrogens is 342 g/mol. The van der Waals surface area contributed by atoms with Crippen LogP contribution in [-0.4, -0.2) is 68.1 Å². The highest BCUT2D eigenvalue weighted by Gasteiger charge is 2.20. The molecule has 0 amide bonds. The summed E-state index contributed by atoms with van der Waals surface area (Å²) in [6, 6.07) is 2.77. The Morgan fingerprint density at radius 3 is 2.77 bits per heavy atom. The summed E-state index contributed by atoms with van der Waals surface area (Å²) in [6.07, 6.45) is 4.89. The third kappa shape index (κ3) is 8.06. The van der Waals surface area contributed by atoms with Crippen molar-refractivity contribution in [1.29, 1.82) is 0 Å². The molecule has 2 heterocycles. The molecule has 1 aromatic heterocycles. The summed E-state index contributed by atoms with van der Waals surface area (Å²) in [5.74, 6) is 0.979. The van der Waals surface area contributed by atoms with Gasteiger partial charge in [0.15, 0.2) is 5.96 Å². The van der Waals surface area contributed by atoms with Gasteiger partial charge in [0.05, 0.1) is 6.54 Å². The lowest BCUT2D eigenvalue weighted by atomic mass is 10.0. The van der Waals surface area contributed by atoms with Crippen LogP contribution in [0.5, 0.6) is 0 Å². The average Bonchev–Trinajstić information content (AvgIpc) is 3.15. The number of unbranched alkanes of at least 4 members (excludes halogenated alkanes) is 1. The zero-order valence-corrected chi connectivity index (χ0v) is 17.7. The maximum atomic E-state index is 4.78. The Kier molecular flexibility index (Phi) is 10.0. The second-order valence-electron chi connectivity index (χ2n) is 7.24. The maximum Gasteiger partial charge on any atom is 0.191 e. The summed E-state index contributed by atoms with van der Waals surface area (Å²) in [4.78, 5) is 9.71. The van der Waals surface area contributed by atoms with Gasteiger partial charge < -0.3 is 15.5 Å². The van der Waals surface area contributed by atoms with E-state index in [-0.39, 0.29) is 0 Å². The van der Waals surface area contributed by atoms with Crippen molar-refractivity contribution >= 4 is 17.3 Å². The monoisotopic (exact) mass is 379 g/mol. The van der Waals surface area contributed by atoms with Crippen molar-refractivity contribution in [2.45, 2.75) is 52.1 Å². The van der Waals surface area contributed by atoms with Crippen LogP contribution in [0.3, 0.4) is 0 Å². The largest absolute Gasteiger partial charge is 0.357 e. The number of likely N-dealkylation sites (N-methyl/N-ethyl adjacent to an activating group) is 1. The predicted octanol–water partition coefficient (Wildman–Crippen LogP) is 3.00. The first-order chi connectivity index (χ1) is 12.7. The van der Waals surface area contributed by atoms with Gasteiger partial charge in [-0.1, -0.05) is 13.3 Å². The van der Waals surface area contributed by atoms with Crippen molar-refractivity contribution in [3.63, 3.8) is 0 Å². The molecule has 5 nitrogen and oxygen atoms in total. The van der Waals surface area contributed by atoms with E-state index in [1.54, 1.807) is 11.3 Å². The molecule has 0 radical (unpaired) electrons. The lowest BCUT2D eigenvalue weighted by molar-refractivity contribution is 0.198. The van der Waals surface area contributed by atoms with Crippen LogP contribution in [0.2, 0.25) is 0 Å². The smallest absolute Gasteiger partial charge is 0.191 e. The SMILES string of the molecule is CCCCN(C)CCN=C(NCC)NC1CCN(Cc2ccsc2)CC1. The van der Waals surface area contributed by atoms with Crippen LogP contribution in [0.4, 0.5) is 0 Å². The zero-order chi connectivity index (χ0) is 18.6. The summed E-state index contributed by atoms with van der Waals surface area (Å²) in [5, 5.41) is 11.5. The van der Waals surface area contributed by atoms with Gasteiger partial charge in [0, 0.05) is 38.8 Å². The van der Waals surface area contributed by atoms with Crippen LogP contribution in [0.1, 0.15) is 45.1 Å². The van der Waals surface area contributed by atoms with E-state index in [0.717, 1.165) is 45.2 Å². The van der Waals surface area contributed by atoms with Gasteiger partial charge in [-0.2, -0.15) is 11.3 Å². The average molecular weight is 380 g/mol. The molecule has 148 valence electrons. The molecular formula is C20H37N5S. The van der Waals surface area contributed by atoms with E-state index < -0.39 is 0 Å². The van der Waals surface area contributed by atoms with Crippen molar-refractivity contribution in [3.05, 3.63) is 22.4 Å². The lowest BCUT2D eigenvalue weighted by Crippen LogP contribution is -2.48. The number of aliphatic imine (C=N–C) groups is 1. The summed E-state index contributed by atoms with van der Waals surface area (Å²) >= 11 is 1.79. The summed E-state index contributed by atoms with van der Waals surface area (Å²) < 4.78 is 0. The molecule has 0 saturated carbocycles. The fourth-order valence-corrected chi connectivity index (χ4v) is 3.92. The van der Waals surface area contributed by atoms with Crippen LogP contribution in [0.25, 0.3) is 0 Å². The van der Waals surface area contributed by atoms with Crippen LogP contribution in [0, 0.1) is 0 Å². The van der Waals surface area contributed by atoms with Crippen molar-refractivity contribution in [3.8, 4) is 0 Å². The number of nitrogens with zero attached hydrogens (tertiary/aromatic N) is 3. The number of piperidine rings is 1. The highest BCUT2D eigenvalue weighted by atomic mass is 32.1. The lowest BCUT2D eigenvalue weighted by Gasteiger charge is -2.33. The molecule has 1 aliphatic heterocycles. The van der Waals surface area contributed by atoms with E-state index in [1.807, 2.05) is 0 Å². The topological polar surface area (TPSA) is 42.9 Å². The van der Waals surface area contributed by atoms with Crippen LogP contribution >= 0.6 is 11.3 Å².